The van der Waals surface area contributed by atoms with Crippen LogP contribution in [0, 0.1) is 5.82 Å². The summed E-state index contributed by atoms with van der Waals surface area (Å²) in [5, 5.41) is 3.98. The van der Waals surface area contributed by atoms with E-state index >= 15 is 0 Å². The Morgan fingerprint density at radius 2 is 2.12 bits per heavy atom. The van der Waals surface area contributed by atoms with Crippen LogP contribution in [0.4, 0.5) is 15.9 Å². The molecule has 0 saturated carbocycles. The number of anilines is 2. The summed E-state index contributed by atoms with van der Waals surface area (Å²) in [4.78, 5) is 11.1. The molecule has 0 spiro atoms. The third-order valence-electron chi connectivity index (χ3n) is 5.66. The Morgan fingerprint density at radius 1 is 1.24 bits per heavy atom. The normalized spacial score (nSPS) is 16.7. The lowest BCUT2D eigenvalue weighted by Crippen LogP contribution is -2.42. The highest BCUT2D eigenvalue weighted by Crippen LogP contribution is 2.35. The van der Waals surface area contributed by atoms with Crippen LogP contribution < -0.4 is 14.8 Å². The molecule has 0 amide bonds. The Hall–Kier alpha value is -2.68. The molecule has 9 heteroatoms. The molecule has 1 N–H and O–H groups in total. The van der Waals surface area contributed by atoms with Crippen molar-refractivity contribution in [1.82, 2.24) is 14.9 Å². The molecule has 1 aliphatic rings. The number of morpholine rings is 1. The zero-order chi connectivity index (χ0) is 23.2. The predicted octanol–water partition coefficient (Wildman–Crippen LogP) is 5.05. The van der Waals surface area contributed by atoms with Crippen molar-refractivity contribution in [3.8, 4) is 11.5 Å². The summed E-state index contributed by atoms with van der Waals surface area (Å²) in [5.41, 5.74) is 1.32. The van der Waals surface area contributed by atoms with Gasteiger partial charge in [0.25, 0.3) is 0 Å². The van der Waals surface area contributed by atoms with E-state index in [1.807, 2.05) is 12.1 Å². The predicted molar refractivity (Wildman–Crippen MR) is 127 cm³/mol. The van der Waals surface area contributed by atoms with Gasteiger partial charge < -0.3 is 19.5 Å². The van der Waals surface area contributed by atoms with E-state index in [0.29, 0.717) is 41.2 Å². The molecule has 0 radical (unpaired) electrons. The van der Waals surface area contributed by atoms with Crippen LogP contribution in [0.1, 0.15) is 19.8 Å². The maximum Gasteiger partial charge on any atom is 0.162 e. The number of aromatic nitrogens is 2. The number of benzene rings is 2. The van der Waals surface area contributed by atoms with E-state index in [0.717, 1.165) is 44.5 Å². The molecule has 0 bridgehead atoms. The van der Waals surface area contributed by atoms with Crippen LogP contribution in [0.25, 0.3) is 10.9 Å². The van der Waals surface area contributed by atoms with Crippen LogP contribution in [-0.4, -0.2) is 60.9 Å². The number of rotatable bonds is 9. The molecule has 4 rings (SSSR count). The fourth-order valence-corrected chi connectivity index (χ4v) is 4.03. The van der Waals surface area contributed by atoms with Crippen LogP contribution >= 0.6 is 11.6 Å². The van der Waals surface area contributed by atoms with E-state index in [4.69, 9.17) is 25.8 Å². The lowest BCUT2D eigenvalue weighted by Gasteiger charge is -2.32. The topological polar surface area (TPSA) is 68.7 Å². The fraction of sp³-hybridized carbons (Fsp3) is 0.417. The van der Waals surface area contributed by atoms with Crippen molar-refractivity contribution < 1.29 is 18.6 Å². The van der Waals surface area contributed by atoms with Crippen LogP contribution in [0.15, 0.2) is 36.7 Å². The summed E-state index contributed by atoms with van der Waals surface area (Å²) in [5.74, 6) is 1.31. The maximum absolute atomic E-state index is 13.5. The summed E-state index contributed by atoms with van der Waals surface area (Å²) < 4.78 is 30.9. The molecule has 3 aromatic rings. The highest BCUT2D eigenvalue weighted by molar-refractivity contribution is 6.31. The smallest absolute Gasteiger partial charge is 0.162 e. The minimum Gasteiger partial charge on any atom is -0.493 e. The maximum atomic E-state index is 13.5. The SMILES string of the molecule is CC[C@@H]1CN(CCCOc2cc3c(Nc4ccc(F)c(Cl)c4)ncnc3cc2OC)CCO1. The van der Waals surface area contributed by atoms with Crippen molar-refractivity contribution in [2.75, 3.05) is 45.3 Å². The minimum absolute atomic E-state index is 0.0366. The molecule has 1 aliphatic heterocycles. The van der Waals surface area contributed by atoms with Gasteiger partial charge in [-0.05, 0) is 37.1 Å². The fourth-order valence-electron chi connectivity index (χ4n) is 3.85. The number of hydrogen-bond acceptors (Lipinski definition) is 7. The molecule has 1 atom stereocenters. The molecule has 1 aromatic heterocycles. The third-order valence-corrected chi connectivity index (χ3v) is 5.95. The molecule has 1 saturated heterocycles. The summed E-state index contributed by atoms with van der Waals surface area (Å²) in [6, 6.07) is 8.11. The highest BCUT2D eigenvalue weighted by Gasteiger charge is 2.18. The van der Waals surface area contributed by atoms with Crippen LogP contribution in [0.2, 0.25) is 5.02 Å². The summed E-state index contributed by atoms with van der Waals surface area (Å²) in [6.07, 6.45) is 3.70. The average Bonchev–Trinajstić information content (AvgIpc) is 2.84. The quantitative estimate of drug-likeness (QED) is 0.435. The van der Waals surface area contributed by atoms with Crippen molar-refractivity contribution in [1.29, 1.82) is 0 Å². The van der Waals surface area contributed by atoms with Gasteiger partial charge in [-0.15, -0.1) is 0 Å². The van der Waals surface area contributed by atoms with E-state index < -0.39 is 5.82 Å². The van der Waals surface area contributed by atoms with E-state index in [-0.39, 0.29) is 5.02 Å². The lowest BCUT2D eigenvalue weighted by molar-refractivity contribution is -0.0306. The van der Waals surface area contributed by atoms with Crippen molar-refractivity contribution in [2.45, 2.75) is 25.9 Å². The second-order valence-electron chi connectivity index (χ2n) is 7.90. The van der Waals surface area contributed by atoms with Crippen LogP contribution in [-0.2, 0) is 4.74 Å². The summed E-state index contributed by atoms with van der Waals surface area (Å²) in [6.45, 7) is 6.37. The molecule has 0 unspecified atom stereocenters. The largest absolute Gasteiger partial charge is 0.493 e. The number of fused-ring (bicyclic) bond motifs is 1. The van der Waals surface area contributed by atoms with Gasteiger partial charge in [-0.3, -0.25) is 4.90 Å². The number of methoxy groups -OCH3 is 1. The van der Waals surface area contributed by atoms with Gasteiger partial charge in [0.15, 0.2) is 11.5 Å². The second-order valence-corrected chi connectivity index (χ2v) is 8.31. The monoisotopic (exact) mass is 474 g/mol. The number of hydrogen-bond donors (Lipinski definition) is 1. The van der Waals surface area contributed by atoms with Crippen molar-refractivity contribution >= 4 is 34.0 Å². The Labute approximate surface area is 197 Å². The van der Waals surface area contributed by atoms with Crippen LogP contribution in [0.5, 0.6) is 11.5 Å². The molecular formula is C24H28ClFN4O3. The minimum atomic E-state index is -0.475. The van der Waals surface area contributed by atoms with E-state index in [9.17, 15) is 4.39 Å². The number of nitrogens with zero attached hydrogens (tertiary/aromatic N) is 3. The van der Waals surface area contributed by atoms with Crippen molar-refractivity contribution in [3.05, 3.63) is 47.5 Å². The Kier molecular flexibility index (Phi) is 7.80. The third kappa shape index (κ3) is 5.82. The lowest BCUT2D eigenvalue weighted by atomic mass is 10.2. The number of ether oxygens (including phenoxy) is 3. The van der Waals surface area contributed by atoms with Gasteiger partial charge in [0.05, 0.1) is 37.0 Å². The van der Waals surface area contributed by atoms with Crippen molar-refractivity contribution in [3.63, 3.8) is 0 Å². The zero-order valence-corrected chi connectivity index (χ0v) is 19.6. The molecule has 1 fully saturated rings. The molecule has 7 nitrogen and oxygen atoms in total. The van der Waals surface area contributed by atoms with Gasteiger partial charge in [0, 0.05) is 36.8 Å². The van der Waals surface area contributed by atoms with Gasteiger partial charge in [-0.1, -0.05) is 18.5 Å². The summed E-state index contributed by atoms with van der Waals surface area (Å²) >= 11 is 5.91. The molecule has 2 aromatic carbocycles. The molecule has 2 heterocycles. The van der Waals surface area contributed by atoms with Gasteiger partial charge in [0.2, 0.25) is 0 Å². The molecular weight excluding hydrogens is 447 g/mol. The summed E-state index contributed by atoms with van der Waals surface area (Å²) in [7, 11) is 1.60. The first-order valence-electron chi connectivity index (χ1n) is 11.1. The number of nitrogens with one attached hydrogen (secondary N) is 1. The number of halogens is 2. The standard InChI is InChI=1S/C24H28ClFN4O3/c1-3-17-14-30(8-10-32-17)7-4-9-33-23-12-18-21(13-22(23)31-2)27-15-28-24(18)29-16-5-6-20(26)19(25)11-16/h5-6,11-13,15,17H,3-4,7-10,14H2,1-2H3,(H,27,28,29)/t17-/m1/s1. The van der Waals surface area contributed by atoms with E-state index in [1.54, 1.807) is 13.2 Å². The van der Waals surface area contributed by atoms with Gasteiger partial charge in [0.1, 0.15) is 18.0 Å². The highest BCUT2D eigenvalue weighted by atomic mass is 35.5. The van der Waals surface area contributed by atoms with Crippen LogP contribution in [0.3, 0.4) is 0 Å². The first kappa shape index (κ1) is 23.5. The van der Waals surface area contributed by atoms with E-state index in [1.165, 1.54) is 18.5 Å². The first-order valence-corrected chi connectivity index (χ1v) is 11.5. The van der Waals surface area contributed by atoms with Gasteiger partial charge in [-0.25, -0.2) is 14.4 Å². The van der Waals surface area contributed by atoms with Crippen molar-refractivity contribution in [2.24, 2.45) is 0 Å². The average molecular weight is 475 g/mol. The second kappa shape index (κ2) is 11.0. The molecule has 33 heavy (non-hydrogen) atoms. The Bertz CT molecular complexity index is 1100. The molecule has 0 aliphatic carbocycles. The Morgan fingerprint density at radius 3 is 2.91 bits per heavy atom. The first-order chi connectivity index (χ1) is 16.1. The zero-order valence-electron chi connectivity index (χ0n) is 18.8. The van der Waals surface area contributed by atoms with Gasteiger partial charge in [-0.2, -0.15) is 0 Å². The van der Waals surface area contributed by atoms with E-state index in [2.05, 4.69) is 27.1 Å². The van der Waals surface area contributed by atoms with Gasteiger partial charge >= 0.3 is 0 Å². The Balaban J connectivity index is 1.47. The molecule has 176 valence electrons.